The lowest BCUT2D eigenvalue weighted by molar-refractivity contribution is 1.35. The number of halogens is 2. The fourth-order valence-electron chi connectivity index (χ4n) is 0.235. The van der Waals surface area contributed by atoms with Crippen LogP contribution >= 0.6 is 23.2 Å². The van der Waals surface area contributed by atoms with E-state index >= 15 is 0 Å². The molecule has 3 heteroatoms. The van der Waals surface area contributed by atoms with Gasteiger partial charge in [0, 0.05) is 15.0 Å². The second-order valence-electron chi connectivity index (χ2n) is 1.17. The minimum absolute atomic E-state index is 0.331. The van der Waals surface area contributed by atoms with Gasteiger partial charge in [0.25, 0.3) is 0 Å². The molecule has 0 spiro atoms. The maximum absolute atomic E-state index is 5.63. The lowest BCUT2D eigenvalue weighted by atomic mass is 10.6. The van der Waals surface area contributed by atoms with Crippen LogP contribution in [0, 0.1) is 0 Å². The van der Waals surface area contributed by atoms with Gasteiger partial charge in [-0.2, -0.15) is 0 Å². The van der Waals surface area contributed by atoms with E-state index in [2.05, 4.69) is 6.55 Å². The Hall–Kier alpha value is 0.667. The Morgan fingerprint density at radius 1 is 1.71 bits per heavy atom. The molecule has 0 radical (unpaired) electrons. The van der Waals surface area contributed by atoms with Gasteiger partial charge >= 0.3 is 0 Å². The largest absolute Gasteiger partial charge is 0.126 e. The molecule has 0 nitrogen and oxygen atoms in total. The zero-order chi connectivity index (χ0) is 5.70. The van der Waals surface area contributed by atoms with Crippen molar-refractivity contribution in [3.8, 4) is 0 Å². The molecule has 0 saturated heterocycles. The highest BCUT2D eigenvalue weighted by Crippen LogP contribution is 1.90. The Kier molecular flexibility index (Phi) is 5.28. The smallest absolute Gasteiger partial charge is 0.0268 e. The molecule has 0 saturated carbocycles. The highest BCUT2D eigenvalue weighted by molar-refractivity contribution is 6.85. The molecule has 0 amide bonds. The summed E-state index contributed by atoms with van der Waals surface area (Å²) in [4.78, 5) is 0. The first-order chi connectivity index (χ1) is 3.31. The zero-order valence-corrected chi connectivity index (χ0v) is 6.91. The monoisotopic (exact) mass is 154 g/mol. The van der Waals surface area contributed by atoms with Crippen molar-refractivity contribution < 1.29 is 0 Å². The van der Waals surface area contributed by atoms with E-state index < -0.39 is 0 Å². The average Bonchev–Trinajstić information content (AvgIpc) is 1.68. The van der Waals surface area contributed by atoms with Crippen molar-refractivity contribution >= 4 is 37.0 Å². The summed E-state index contributed by atoms with van der Waals surface area (Å²) in [6.45, 7) is 2.11. The zero-order valence-electron chi connectivity index (χ0n) is 4.25. The van der Waals surface area contributed by atoms with Crippen molar-refractivity contribution in [2.45, 2.75) is 13.0 Å². The van der Waals surface area contributed by atoms with Crippen LogP contribution < -0.4 is 0 Å². The molecule has 0 heterocycles. The number of hydrogen-bond donors (Lipinski definition) is 0. The minimum Gasteiger partial charge on any atom is -0.126 e. The van der Waals surface area contributed by atoms with Gasteiger partial charge in [-0.3, -0.25) is 0 Å². The summed E-state index contributed by atoms with van der Waals surface area (Å²) >= 11 is 11.0. The maximum atomic E-state index is 5.63. The summed E-state index contributed by atoms with van der Waals surface area (Å²) in [5.41, 5.74) is 0. The van der Waals surface area contributed by atoms with Gasteiger partial charge in [0.05, 0.1) is 0 Å². The van der Waals surface area contributed by atoms with Crippen molar-refractivity contribution in [2.75, 3.05) is 5.88 Å². The Balaban J connectivity index is 3.17. The first kappa shape index (κ1) is 7.67. The molecule has 0 atom stereocenters. The Labute approximate surface area is 56.3 Å². The average molecular weight is 155 g/mol. The van der Waals surface area contributed by atoms with Gasteiger partial charge in [-0.25, -0.2) is 0 Å². The van der Waals surface area contributed by atoms with E-state index in [-0.39, 0.29) is 0 Å². The topological polar surface area (TPSA) is 0 Å². The van der Waals surface area contributed by atoms with E-state index in [0.29, 0.717) is 15.0 Å². The van der Waals surface area contributed by atoms with Crippen LogP contribution in [0.1, 0.15) is 6.42 Å². The molecular weight excluding hydrogens is 147 g/mol. The van der Waals surface area contributed by atoms with Gasteiger partial charge in [0.1, 0.15) is 0 Å². The molecule has 0 unspecified atom stereocenters. The molecule has 0 aromatic heterocycles. The molecule has 7 heavy (non-hydrogen) atoms. The molecule has 0 aliphatic rings. The molecule has 0 aliphatic heterocycles. The van der Waals surface area contributed by atoms with E-state index in [1.807, 2.05) is 0 Å². The molecule has 0 N–H and O–H groups in total. The highest BCUT2D eigenvalue weighted by atomic mass is 35.5. The van der Waals surface area contributed by atoms with E-state index in [1.165, 1.54) is 0 Å². The summed E-state index contributed by atoms with van der Waals surface area (Å²) in [6, 6.07) is 0. The number of hydrogen-bond acceptors (Lipinski definition) is 0. The molecule has 0 fully saturated rings. The van der Waals surface area contributed by atoms with Crippen LogP contribution in [0.15, 0.2) is 0 Å². The second-order valence-corrected chi connectivity index (χ2v) is 3.68. The molecule has 0 aromatic carbocycles. The normalized spacial score (nSPS) is 12.1. The minimum atomic E-state index is 0.331. The molecule has 0 aromatic rings. The van der Waals surface area contributed by atoms with Crippen LogP contribution in [-0.4, -0.2) is 19.6 Å². The van der Waals surface area contributed by atoms with Crippen LogP contribution in [-0.2, 0) is 0 Å². The predicted octanol–water partition coefficient (Wildman–Crippen LogP) is 1.47. The fourth-order valence-corrected chi connectivity index (χ4v) is 1.25. The van der Waals surface area contributed by atoms with Crippen molar-refractivity contribution in [2.24, 2.45) is 0 Å². The second kappa shape index (κ2) is 4.82. The molecule has 0 bridgehead atoms. The Morgan fingerprint density at radius 3 is 2.43 bits per heavy atom. The first-order valence-electron chi connectivity index (χ1n) is 2.18. The summed E-state index contributed by atoms with van der Waals surface area (Å²) in [7, 11) is 0.331. The van der Waals surface area contributed by atoms with Gasteiger partial charge in [0.2, 0.25) is 0 Å². The Bertz CT molecular complexity index is 70.1. The van der Waals surface area contributed by atoms with Crippen molar-refractivity contribution in [3.63, 3.8) is 0 Å². The third-order valence-electron chi connectivity index (χ3n) is 0.647. The van der Waals surface area contributed by atoms with Gasteiger partial charge < -0.3 is 0 Å². The van der Waals surface area contributed by atoms with E-state index in [9.17, 15) is 0 Å². The van der Waals surface area contributed by atoms with E-state index in [1.54, 1.807) is 0 Å². The summed E-state index contributed by atoms with van der Waals surface area (Å²) in [5.74, 6) is 0.666. The standard InChI is InChI=1S/C4H8Cl2Si/c1-7-4(6)2-3-5/h7H,2-3H2,1H3. The predicted molar refractivity (Wildman–Crippen MR) is 39.2 cm³/mol. The molecule has 0 rings (SSSR count). The molecule has 0 aliphatic carbocycles. The number of alkyl halides is 1. The Morgan fingerprint density at radius 2 is 2.29 bits per heavy atom. The van der Waals surface area contributed by atoms with Crippen LogP contribution in [0.5, 0.6) is 0 Å². The maximum Gasteiger partial charge on any atom is 0.0268 e. The third-order valence-corrected chi connectivity index (χ3v) is 2.59. The van der Waals surface area contributed by atoms with E-state index in [0.717, 1.165) is 11.0 Å². The first-order valence-corrected chi connectivity index (χ1v) is 4.82. The fraction of sp³-hybridized carbons (Fsp3) is 0.750. The van der Waals surface area contributed by atoms with Crippen LogP contribution in [0.25, 0.3) is 0 Å². The van der Waals surface area contributed by atoms with Gasteiger partial charge in [-0.05, 0) is 11.0 Å². The SMILES string of the molecule is C[SiH]=C(Cl)CCCl. The van der Waals surface area contributed by atoms with Gasteiger partial charge in [-0.15, -0.1) is 11.6 Å². The van der Waals surface area contributed by atoms with Gasteiger partial charge in [-0.1, -0.05) is 18.1 Å². The van der Waals surface area contributed by atoms with E-state index in [4.69, 9.17) is 23.2 Å². The quantitative estimate of drug-likeness (QED) is 0.418. The third kappa shape index (κ3) is 4.52. The van der Waals surface area contributed by atoms with Crippen molar-refractivity contribution in [3.05, 3.63) is 0 Å². The molecular formula is C4H8Cl2Si. The van der Waals surface area contributed by atoms with Crippen molar-refractivity contribution in [1.29, 1.82) is 0 Å². The highest BCUT2D eigenvalue weighted by Gasteiger charge is 1.84. The lowest BCUT2D eigenvalue weighted by Gasteiger charge is -1.86. The van der Waals surface area contributed by atoms with Crippen LogP contribution in [0.4, 0.5) is 0 Å². The summed E-state index contributed by atoms with van der Waals surface area (Å²) < 4.78 is 1.05. The van der Waals surface area contributed by atoms with Crippen LogP contribution in [0.3, 0.4) is 0 Å². The lowest BCUT2D eigenvalue weighted by Crippen LogP contribution is -1.91. The summed E-state index contributed by atoms with van der Waals surface area (Å²) in [6.07, 6.45) is 0.884. The van der Waals surface area contributed by atoms with Crippen molar-refractivity contribution in [1.82, 2.24) is 0 Å². The van der Waals surface area contributed by atoms with Crippen LogP contribution in [0.2, 0.25) is 6.55 Å². The van der Waals surface area contributed by atoms with Gasteiger partial charge in [0.15, 0.2) is 0 Å². The number of rotatable bonds is 2. The summed E-state index contributed by atoms with van der Waals surface area (Å²) in [5, 5.41) is 0. The molecule has 42 valence electrons.